The predicted molar refractivity (Wildman–Crippen MR) is 84.6 cm³/mol. The molecule has 1 aliphatic heterocycles. The Morgan fingerprint density at radius 1 is 1.41 bits per heavy atom. The Labute approximate surface area is 131 Å². The lowest BCUT2D eigenvalue weighted by Gasteiger charge is -2.37. The minimum Gasteiger partial charge on any atom is -0.495 e. The van der Waals surface area contributed by atoms with Gasteiger partial charge in [0.05, 0.1) is 31.5 Å². The van der Waals surface area contributed by atoms with Crippen LogP contribution in [0.1, 0.15) is 19.4 Å². The number of benzene rings is 1. The van der Waals surface area contributed by atoms with Crippen molar-refractivity contribution in [3.05, 3.63) is 23.8 Å². The number of morpholine rings is 1. The Bertz CT molecular complexity index is 511. The third-order valence-electron chi connectivity index (χ3n) is 3.61. The predicted octanol–water partition coefficient (Wildman–Crippen LogP) is 1.48. The summed E-state index contributed by atoms with van der Waals surface area (Å²) in [6, 6.07) is 5.98. The summed E-state index contributed by atoms with van der Waals surface area (Å²) in [7, 11) is 1.65. The van der Waals surface area contributed by atoms with E-state index >= 15 is 0 Å². The first-order chi connectivity index (χ1) is 10.5. The molecule has 0 saturated carbocycles. The Hall–Kier alpha value is -1.79. The number of carbonyl (C=O) groups is 1. The molecule has 122 valence electrons. The Morgan fingerprint density at radius 2 is 2.09 bits per heavy atom. The lowest BCUT2D eigenvalue weighted by molar-refractivity contribution is -0.135. The van der Waals surface area contributed by atoms with Gasteiger partial charge in [0.25, 0.3) is 0 Å². The van der Waals surface area contributed by atoms with Gasteiger partial charge < -0.3 is 24.8 Å². The van der Waals surface area contributed by atoms with Crippen molar-refractivity contribution in [1.82, 2.24) is 5.32 Å². The van der Waals surface area contributed by atoms with Gasteiger partial charge in [0.15, 0.2) is 0 Å². The molecule has 6 heteroatoms. The van der Waals surface area contributed by atoms with Crippen LogP contribution >= 0.6 is 0 Å². The summed E-state index contributed by atoms with van der Waals surface area (Å²) in [5.74, 6) is -0.0594. The standard InChI is InChI=1S/C16H24N2O4/c1-11-9-18(10-12(2)22-11)14-5-4-13(6-15(14)21-3)7-17-8-16(19)20/h4-6,11-12,17H,7-10H2,1-3H3,(H,19,20). The molecule has 0 spiro atoms. The molecule has 1 aromatic rings. The maximum atomic E-state index is 10.5. The van der Waals surface area contributed by atoms with Gasteiger partial charge in [-0.15, -0.1) is 0 Å². The Balaban J connectivity index is 2.10. The highest BCUT2D eigenvalue weighted by atomic mass is 16.5. The second-order valence-electron chi connectivity index (χ2n) is 5.67. The number of aliphatic carboxylic acids is 1. The number of methoxy groups -OCH3 is 1. The molecule has 2 N–H and O–H groups in total. The SMILES string of the molecule is COc1cc(CNCC(=O)O)ccc1N1CC(C)OC(C)C1. The third kappa shape index (κ3) is 4.35. The molecule has 0 aliphatic carbocycles. The van der Waals surface area contributed by atoms with Crippen LogP contribution in [0, 0.1) is 0 Å². The van der Waals surface area contributed by atoms with E-state index in [-0.39, 0.29) is 18.8 Å². The average Bonchev–Trinajstić information content (AvgIpc) is 2.45. The first-order valence-electron chi connectivity index (χ1n) is 7.49. The number of anilines is 1. The van der Waals surface area contributed by atoms with Gasteiger partial charge in [-0.2, -0.15) is 0 Å². The van der Waals surface area contributed by atoms with E-state index in [1.807, 2.05) is 18.2 Å². The quantitative estimate of drug-likeness (QED) is 0.829. The molecule has 1 fully saturated rings. The van der Waals surface area contributed by atoms with Crippen LogP contribution < -0.4 is 15.0 Å². The van der Waals surface area contributed by atoms with E-state index in [1.165, 1.54) is 0 Å². The number of carboxylic acid groups (broad SMARTS) is 1. The molecule has 22 heavy (non-hydrogen) atoms. The van der Waals surface area contributed by atoms with Crippen molar-refractivity contribution in [1.29, 1.82) is 0 Å². The highest BCUT2D eigenvalue weighted by Crippen LogP contribution is 2.31. The fraction of sp³-hybridized carbons (Fsp3) is 0.562. The van der Waals surface area contributed by atoms with Crippen LogP contribution in [0.3, 0.4) is 0 Å². The monoisotopic (exact) mass is 308 g/mol. The Kier molecular flexibility index (Phi) is 5.63. The van der Waals surface area contributed by atoms with E-state index in [0.717, 1.165) is 30.1 Å². The normalized spacial score (nSPS) is 21.7. The number of nitrogens with zero attached hydrogens (tertiary/aromatic N) is 1. The highest BCUT2D eigenvalue weighted by Gasteiger charge is 2.24. The fourth-order valence-electron chi connectivity index (χ4n) is 2.78. The molecule has 1 aromatic carbocycles. The zero-order chi connectivity index (χ0) is 16.1. The maximum Gasteiger partial charge on any atom is 0.317 e. The molecular weight excluding hydrogens is 284 g/mol. The van der Waals surface area contributed by atoms with Crippen LogP contribution in [0.2, 0.25) is 0 Å². The first-order valence-corrected chi connectivity index (χ1v) is 7.49. The molecule has 0 aromatic heterocycles. The van der Waals surface area contributed by atoms with E-state index in [9.17, 15) is 4.79 Å². The van der Waals surface area contributed by atoms with Gasteiger partial charge in [0.2, 0.25) is 0 Å². The molecule has 0 radical (unpaired) electrons. The highest BCUT2D eigenvalue weighted by molar-refractivity contribution is 5.69. The van der Waals surface area contributed by atoms with Crippen LogP contribution in [0.15, 0.2) is 18.2 Å². The summed E-state index contributed by atoms with van der Waals surface area (Å²) in [6.07, 6.45) is 0.371. The van der Waals surface area contributed by atoms with Gasteiger partial charge in [-0.25, -0.2) is 0 Å². The minimum absolute atomic E-state index is 0.0530. The molecule has 6 nitrogen and oxygen atoms in total. The van der Waals surface area contributed by atoms with Crippen molar-refractivity contribution in [2.75, 3.05) is 31.6 Å². The lowest BCUT2D eigenvalue weighted by atomic mass is 10.1. The third-order valence-corrected chi connectivity index (χ3v) is 3.61. The second kappa shape index (κ2) is 7.47. The molecule has 1 saturated heterocycles. The van der Waals surface area contributed by atoms with Crippen molar-refractivity contribution in [2.24, 2.45) is 0 Å². The Morgan fingerprint density at radius 3 is 2.68 bits per heavy atom. The molecule has 1 heterocycles. The van der Waals surface area contributed by atoms with E-state index in [1.54, 1.807) is 7.11 Å². The molecule has 2 atom stereocenters. The lowest BCUT2D eigenvalue weighted by Crippen LogP contribution is -2.45. The molecule has 0 bridgehead atoms. The van der Waals surface area contributed by atoms with Crippen molar-refractivity contribution in [3.63, 3.8) is 0 Å². The topological polar surface area (TPSA) is 71.0 Å². The van der Waals surface area contributed by atoms with Gasteiger partial charge in [0.1, 0.15) is 5.75 Å². The van der Waals surface area contributed by atoms with E-state index in [4.69, 9.17) is 14.6 Å². The number of carboxylic acids is 1. The first kappa shape index (κ1) is 16.6. The van der Waals surface area contributed by atoms with Gasteiger partial charge in [0, 0.05) is 19.6 Å². The van der Waals surface area contributed by atoms with Crippen LogP contribution in [0.5, 0.6) is 5.75 Å². The zero-order valence-electron chi connectivity index (χ0n) is 13.3. The summed E-state index contributed by atoms with van der Waals surface area (Å²) < 4.78 is 11.3. The fourth-order valence-corrected chi connectivity index (χ4v) is 2.78. The van der Waals surface area contributed by atoms with Crippen LogP contribution in [-0.4, -0.2) is 50.0 Å². The number of rotatable bonds is 6. The van der Waals surface area contributed by atoms with Crippen molar-refractivity contribution < 1.29 is 19.4 Å². The average molecular weight is 308 g/mol. The minimum atomic E-state index is -0.861. The smallest absolute Gasteiger partial charge is 0.317 e. The van der Waals surface area contributed by atoms with E-state index < -0.39 is 5.97 Å². The molecule has 0 amide bonds. The van der Waals surface area contributed by atoms with Crippen LogP contribution in [-0.2, 0) is 16.1 Å². The van der Waals surface area contributed by atoms with E-state index in [2.05, 4.69) is 24.1 Å². The summed E-state index contributed by atoms with van der Waals surface area (Å²) in [6.45, 7) is 6.24. The summed E-state index contributed by atoms with van der Waals surface area (Å²) in [4.78, 5) is 12.8. The number of hydrogen-bond acceptors (Lipinski definition) is 5. The summed E-state index contributed by atoms with van der Waals surface area (Å²) >= 11 is 0. The maximum absolute atomic E-state index is 10.5. The summed E-state index contributed by atoms with van der Waals surface area (Å²) in [5.41, 5.74) is 2.04. The second-order valence-corrected chi connectivity index (χ2v) is 5.67. The summed E-state index contributed by atoms with van der Waals surface area (Å²) in [5, 5.41) is 11.5. The molecular formula is C16H24N2O4. The van der Waals surface area contributed by atoms with Crippen LogP contribution in [0.4, 0.5) is 5.69 Å². The van der Waals surface area contributed by atoms with Crippen LogP contribution in [0.25, 0.3) is 0 Å². The zero-order valence-corrected chi connectivity index (χ0v) is 13.3. The molecule has 1 aliphatic rings. The van der Waals surface area contributed by atoms with Gasteiger partial charge in [-0.3, -0.25) is 4.79 Å². The van der Waals surface area contributed by atoms with E-state index in [0.29, 0.717) is 6.54 Å². The van der Waals surface area contributed by atoms with Gasteiger partial charge in [-0.1, -0.05) is 6.07 Å². The van der Waals surface area contributed by atoms with Crippen molar-refractivity contribution >= 4 is 11.7 Å². The largest absolute Gasteiger partial charge is 0.495 e. The van der Waals surface area contributed by atoms with Gasteiger partial charge in [-0.05, 0) is 31.5 Å². The number of nitrogens with one attached hydrogen (secondary N) is 1. The molecule has 2 rings (SSSR count). The van der Waals surface area contributed by atoms with Crippen molar-refractivity contribution in [3.8, 4) is 5.75 Å². The van der Waals surface area contributed by atoms with Crippen molar-refractivity contribution in [2.45, 2.75) is 32.6 Å². The molecule has 2 unspecified atom stereocenters. The number of hydrogen-bond donors (Lipinski definition) is 2. The van der Waals surface area contributed by atoms with Gasteiger partial charge >= 0.3 is 5.97 Å². The number of ether oxygens (including phenoxy) is 2.